The molecule has 1 aromatic heterocycles. The van der Waals surface area contributed by atoms with E-state index >= 15 is 0 Å². The number of carbonyl (C=O) groups excluding carboxylic acids is 1. The van der Waals surface area contributed by atoms with E-state index in [1.54, 1.807) is 0 Å². The van der Waals surface area contributed by atoms with Gasteiger partial charge in [0.05, 0.1) is 18.4 Å². The Bertz CT molecular complexity index is 619. The van der Waals surface area contributed by atoms with Gasteiger partial charge in [-0.05, 0) is 5.56 Å². The van der Waals surface area contributed by atoms with Crippen LogP contribution in [0.4, 0.5) is 4.79 Å². The number of carboxylic acids is 1. The van der Waals surface area contributed by atoms with Gasteiger partial charge in [0, 0.05) is 18.8 Å². The Hall–Kier alpha value is -2.96. The number of nitrogens with one attached hydrogen (secondary N) is 2. The number of aromatic nitrogens is 2. The van der Waals surface area contributed by atoms with Crippen LogP contribution in [0, 0.1) is 0 Å². The zero-order chi connectivity index (χ0) is 15.8. The van der Waals surface area contributed by atoms with E-state index in [-0.39, 0.29) is 13.0 Å². The molecule has 2 rings (SSSR count). The lowest BCUT2D eigenvalue weighted by molar-refractivity contribution is -0.139. The van der Waals surface area contributed by atoms with Crippen molar-refractivity contribution < 1.29 is 14.7 Å². The molecule has 1 aromatic carbocycles. The number of amides is 2. The van der Waals surface area contributed by atoms with Gasteiger partial charge in [0.15, 0.2) is 0 Å². The first-order chi connectivity index (χ1) is 10.6. The van der Waals surface area contributed by atoms with E-state index in [4.69, 9.17) is 0 Å². The van der Waals surface area contributed by atoms with Gasteiger partial charge in [-0.1, -0.05) is 30.3 Å². The van der Waals surface area contributed by atoms with Crippen molar-refractivity contribution in [3.8, 4) is 0 Å². The summed E-state index contributed by atoms with van der Waals surface area (Å²) in [5.41, 5.74) is 1.43. The molecular weight excluding hydrogens is 284 g/mol. The molecule has 22 heavy (non-hydrogen) atoms. The number of aliphatic carboxylic acids is 1. The first-order valence-corrected chi connectivity index (χ1v) is 6.71. The van der Waals surface area contributed by atoms with Gasteiger partial charge < -0.3 is 15.7 Å². The van der Waals surface area contributed by atoms with Crippen LogP contribution in [0.1, 0.15) is 11.3 Å². The first-order valence-electron chi connectivity index (χ1n) is 6.71. The molecule has 2 amide bonds. The van der Waals surface area contributed by atoms with Crippen molar-refractivity contribution in [3.63, 3.8) is 0 Å². The van der Waals surface area contributed by atoms with Gasteiger partial charge in [0.2, 0.25) is 0 Å². The van der Waals surface area contributed by atoms with Crippen molar-refractivity contribution in [3.05, 3.63) is 60.2 Å². The Morgan fingerprint density at radius 2 is 1.95 bits per heavy atom. The molecule has 0 aliphatic rings. The Morgan fingerprint density at radius 1 is 1.18 bits per heavy atom. The number of hydrogen-bond acceptors (Lipinski definition) is 4. The highest BCUT2D eigenvalue weighted by molar-refractivity contribution is 5.82. The molecule has 1 atom stereocenters. The molecule has 0 saturated heterocycles. The number of hydrogen-bond donors (Lipinski definition) is 3. The van der Waals surface area contributed by atoms with Crippen LogP contribution in [0.2, 0.25) is 0 Å². The summed E-state index contributed by atoms with van der Waals surface area (Å²) in [4.78, 5) is 30.9. The molecule has 7 nitrogen and oxygen atoms in total. The molecule has 0 fully saturated rings. The molecule has 0 saturated carbocycles. The van der Waals surface area contributed by atoms with Gasteiger partial charge in [-0.3, -0.25) is 9.97 Å². The van der Waals surface area contributed by atoms with E-state index in [1.807, 2.05) is 30.3 Å². The second kappa shape index (κ2) is 7.72. The summed E-state index contributed by atoms with van der Waals surface area (Å²) >= 11 is 0. The summed E-state index contributed by atoms with van der Waals surface area (Å²) in [6, 6.07) is 7.56. The first kappa shape index (κ1) is 15.4. The fourth-order valence-electron chi connectivity index (χ4n) is 1.85. The molecule has 0 aliphatic carbocycles. The largest absolute Gasteiger partial charge is 0.480 e. The van der Waals surface area contributed by atoms with Crippen molar-refractivity contribution in [1.82, 2.24) is 20.6 Å². The molecule has 114 valence electrons. The van der Waals surface area contributed by atoms with Crippen LogP contribution in [0.3, 0.4) is 0 Å². The highest BCUT2D eigenvalue weighted by Gasteiger charge is 2.20. The number of rotatable bonds is 6. The second-order valence-electron chi connectivity index (χ2n) is 4.60. The van der Waals surface area contributed by atoms with Crippen LogP contribution in [0.15, 0.2) is 48.9 Å². The molecule has 0 aliphatic heterocycles. The van der Waals surface area contributed by atoms with Gasteiger partial charge in [-0.15, -0.1) is 0 Å². The molecule has 1 heterocycles. The molecule has 2 aromatic rings. The smallest absolute Gasteiger partial charge is 0.326 e. The third-order valence-electron chi connectivity index (χ3n) is 2.93. The van der Waals surface area contributed by atoms with Crippen LogP contribution < -0.4 is 10.6 Å². The van der Waals surface area contributed by atoms with E-state index < -0.39 is 18.0 Å². The van der Waals surface area contributed by atoms with E-state index in [1.165, 1.54) is 18.6 Å². The average Bonchev–Trinajstić information content (AvgIpc) is 2.54. The van der Waals surface area contributed by atoms with Gasteiger partial charge in [-0.2, -0.15) is 0 Å². The second-order valence-corrected chi connectivity index (χ2v) is 4.60. The highest BCUT2D eigenvalue weighted by Crippen LogP contribution is 2.03. The SMILES string of the molecule is O=C(NCc1cnccn1)N[C@@H](Cc1ccccc1)C(=O)O. The van der Waals surface area contributed by atoms with Gasteiger partial charge in [-0.25, -0.2) is 9.59 Å². The summed E-state index contributed by atoms with van der Waals surface area (Å²) in [5.74, 6) is -1.08. The van der Waals surface area contributed by atoms with Crippen molar-refractivity contribution in [2.45, 2.75) is 19.0 Å². The minimum atomic E-state index is -1.08. The standard InChI is InChI=1S/C15H16N4O3/c20-14(21)13(8-11-4-2-1-3-5-11)19-15(22)18-10-12-9-16-6-7-17-12/h1-7,9,13H,8,10H2,(H,20,21)(H2,18,19,22)/t13-/m0/s1. The van der Waals surface area contributed by atoms with Crippen LogP contribution >= 0.6 is 0 Å². The third-order valence-corrected chi connectivity index (χ3v) is 2.93. The number of benzene rings is 1. The number of carbonyl (C=O) groups is 2. The van der Waals surface area contributed by atoms with Crippen LogP contribution in [-0.4, -0.2) is 33.1 Å². The monoisotopic (exact) mass is 300 g/mol. The van der Waals surface area contributed by atoms with Gasteiger partial charge in [0.25, 0.3) is 0 Å². The Morgan fingerprint density at radius 3 is 2.59 bits per heavy atom. The topological polar surface area (TPSA) is 104 Å². The number of carboxylic acid groups (broad SMARTS) is 1. The van der Waals surface area contributed by atoms with Crippen LogP contribution in [-0.2, 0) is 17.8 Å². The zero-order valence-electron chi connectivity index (χ0n) is 11.8. The molecule has 0 spiro atoms. The average molecular weight is 300 g/mol. The van der Waals surface area contributed by atoms with Crippen molar-refractivity contribution in [1.29, 1.82) is 0 Å². The Balaban J connectivity index is 1.88. The lowest BCUT2D eigenvalue weighted by atomic mass is 10.1. The lowest BCUT2D eigenvalue weighted by Crippen LogP contribution is -2.46. The van der Waals surface area contributed by atoms with E-state index in [0.717, 1.165) is 5.56 Å². The third kappa shape index (κ3) is 4.86. The zero-order valence-corrected chi connectivity index (χ0v) is 11.8. The van der Waals surface area contributed by atoms with Crippen molar-refractivity contribution >= 4 is 12.0 Å². The number of urea groups is 1. The Kier molecular flexibility index (Phi) is 5.42. The predicted molar refractivity (Wildman–Crippen MR) is 79.0 cm³/mol. The van der Waals surface area contributed by atoms with E-state index in [9.17, 15) is 14.7 Å². The highest BCUT2D eigenvalue weighted by atomic mass is 16.4. The minimum Gasteiger partial charge on any atom is -0.480 e. The van der Waals surface area contributed by atoms with Crippen molar-refractivity contribution in [2.24, 2.45) is 0 Å². The minimum absolute atomic E-state index is 0.178. The van der Waals surface area contributed by atoms with Gasteiger partial charge in [0.1, 0.15) is 6.04 Å². The normalized spacial score (nSPS) is 11.5. The lowest BCUT2D eigenvalue weighted by Gasteiger charge is -2.15. The molecule has 0 bridgehead atoms. The predicted octanol–water partition coefficient (Wildman–Crippen LogP) is 0.972. The fraction of sp³-hybridized carbons (Fsp3) is 0.200. The van der Waals surface area contributed by atoms with E-state index in [0.29, 0.717) is 5.69 Å². The molecule has 3 N–H and O–H groups in total. The summed E-state index contributed by atoms with van der Waals surface area (Å²) in [6.07, 6.45) is 4.79. The molecule has 0 radical (unpaired) electrons. The quantitative estimate of drug-likeness (QED) is 0.737. The molecule has 7 heteroatoms. The molecular formula is C15H16N4O3. The maximum Gasteiger partial charge on any atom is 0.326 e. The fourth-order valence-corrected chi connectivity index (χ4v) is 1.85. The van der Waals surface area contributed by atoms with Crippen LogP contribution in [0.5, 0.6) is 0 Å². The van der Waals surface area contributed by atoms with Crippen molar-refractivity contribution in [2.75, 3.05) is 0 Å². The van der Waals surface area contributed by atoms with Crippen LogP contribution in [0.25, 0.3) is 0 Å². The molecule has 0 unspecified atom stereocenters. The summed E-state index contributed by atoms with van der Waals surface area (Å²) < 4.78 is 0. The summed E-state index contributed by atoms with van der Waals surface area (Å²) in [7, 11) is 0. The maximum absolute atomic E-state index is 11.8. The van der Waals surface area contributed by atoms with E-state index in [2.05, 4.69) is 20.6 Å². The summed E-state index contributed by atoms with van der Waals surface area (Å²) in [5, 5.41) is 14.2. The maximum atomic E-state index is 11.8. The van der Waals surface area contributed by atoms with Gasteiger partial charge >= 0.3 is 12.0 Å². The summed E-state index contributed by atoms with van der Waals surface area (Å²) in [6.45, 7) is 0.178. The number of nitrogens with zero attached hydrogens (tertiary/aromatic N) is 2. The Labute approximate surface area is 127 Å².